The summed E-state index contributed by atoms with van der Waals surface area (Å²) in [7, 11) is 0. The Labute approximate surface area is 141 Å². The molecule has 0 bridgehead atoms. The highest BCUT2D eigenvalue weighted by Crippen LogP contribution is 2.35. The summed E-state index contributed by atoms with van der Waals surface area (Å²) in [6, 6.07) is 8.05. The van der Waals surface area contributed by atoms with E-state index in [-0.39, 0.29) is 31.1 Å². The number of aryl methyl sites for hydroxylation is 1. The molecular formula is C18H23NO5. The number of hydrogen-bond donors (Lipinski definition) is 1. The third-order valence-electron chi connectivity index (χ3n) is 4.70. The zero-order valence-corrected chi connectivity index (χ0v) is 13.8. The Morgan fingerprint density at radius 1 is 1.17 bits per heavy atom. The number of aliphatic carboxylic acids is 1. The van der Waals surface area contributed by atoms with Crippen LogP contribution in [-0.4, -0.2) is 54.3 Å². The van der Waals surface area contributed by atoms with Gasteiger partial charge in [-0.2, -0.15) is 0 Å². The van der Waals surface area contributed by atoms with Gasteiger partial charge < -0.3 is 19.5 Å². The topological polar surface area (TPSA) is 76.1 Å². The maximum atomic E-state index is 13.0. The molecule has 1 aromatic rings. The molecule has 1 amide bonds. The van der Waals surface area contributed by atoms with Crippen molar-refractivity contribution in [2.45, 2.75) is 32.0 Å². The Morgan fingerprint density at radius 2 is 1.92 bits per heavy atom. The first-order valence-electron chi connectivity index (χ1n) is 8.37. The second-order valence-electron chi connectivity index (χ2n) is 6.43. The van der Waals surface area contributed by atoms with Crippen LogP contribution in [0.5, 0.6) is 0 Å². The summed E-state index contributed by atoms with van der Waals surface area (Å²) in [6.45, 7) is 3.45. The molecule has 0 aromatic heterocycles. The third-order valence-corrected chi connectivity index (χ3v) is 4.70. The van der Waals surface area contributed by atoms with Crippen molar-refractivity contribution in [3.63, 3.8) is 0 Å². The molecule has 2 aliphatic rings. The standard InChI is InChI=1S/C18H23NO5/c1-12-4-6-13(7-5-12)16-14(3-2-9-24-16)17(20)19-8-10-23-15(11-19)18(21)22/h4-7,14-16H,2-3,8-11H2,1H3,(H,21,22)/t14-,15+,16-/m0/s1. The minimum Gasteiger partial charge on any atom is -0.479 e. The van der Waals surface area contributed by atoms with Gasteiger partial charge in [0.05, 0.1) is 25.2 Å². The smallest absolute Gasteiger partial charge is 0.334 e. The molecule has 6 nitrogen and oxygen atoms in total. The van der Waals surface area contributed by atoms with E-state index in [0.29, 0.717) is 13.2 Å². The molecule has 0 saturated carbocycles. The number of hydrogen-bond acceptors (Lipinski definition) is 4. The average molecular weight is 333 g/mol. The highest BCUT2D eigenvalue weighted by molar-refractivity contribution is 5.81. The first kappa shape index (κ1) is 16.9. The van der Waals surface area contributed by atoms with E-state index in [9.17, 15) is 9.59 Å². The van der Waals surface area contributed by atoms with Gasteiger partial charge in [0, 0.05) is 13.2 Å². The molecule has 2 fully saturated rings. The molecule has 2 saturated heterocycles. The normalized spacial score (nSPS) is 27.7. The monoisotopic (exact) mass is 333 g/mol. The fourth-order valence-corrected chi connectivity index (χ4v) is 3.35. The molecule has 2 aliphatic heterocycles. The number of rotatable bonds is 3. The molecule has 2 heterocycles. The van der Waals surface area contributed by atoms with Crippen molar-refractivity contribution in [3.05, 3.63) is 35.4 Å². The molecule has 6 heteroatoms. The van der Waals surface area contributed by atoms with E-state index in [1.807, 2.05) is 31.2 Å². The van der Waals surface area contributed by atoms with Crippen LogP contribution in [0.15, 0.2) is 24.3 Å². The van der Waals surface area contributed by atoms with Crippen molar-refractivity contribution >= 4 is 11.9 Å². The van der Waals surface area contributed by atoms with E-state index in [1.54, 1.807) is 4.90 Å². The second-order valence-corrected chi connectivity index (χ2v) is 6.43. The SMILES string of the molecule is Cc1ccc([C@@H]2OCCC[C@@H]2C(=O)N2CCO[C@@H](C(=O)O)C2)cc1. The zero-order chi connectivity index (χ0) is 17.1. The highest BCUT2D eigenvalue weighted by Gasteiger charge is 2.38. The highest BCUT2D eigenvalue weighted by atomic mass is 16.5. The molecule has 1 aromatic carbocycles. The van der Waals surface area contributed by atoms with Gasteiger partial charge >= 0.3 is 5.97 Å². The number of benzene rings is 1. The van der Waals surface area contributed by atoms with Gasteiger partial charge in [0.15, 0.2) is 6.10 Å². The van der Waals surface area contributed by atoms with Crippen LogP contribution in [0.4, 0.5) is 0 Å². The maximum absolute atomic E-state index is 13.0. The Hall–Kier alpha value is -1.92. The molecule has 1 N–H and O–H groups in total. The number of nitrogens with zero attached hydrogens (tertiary/aromatic N) is 1. The number of amides is 1. The lowest BCUT2D eigenvalue weighted by Gasteiger charge is -2.37. The van der Waals surface area contributed by atoms with E-state index in [2.05, 4.69) is 0 Å². The summed E-state index contributed by atoms with van der Waals surface area (Å²) in [5.74, 6) is -1.33. The lowest BCUT2D eigenvalue weighted by molar-refractivity contribution is -0.163. The van der Waals surface area contributed by atoms with Crippen LogP contribution in [0.25, 0.3) is 0 Å². The lowest BCUT2D eigenvalue weighted by atomic mass is 9.88. The number of carboxylic acids is 1. The van der Waals surface area contributed by atoms with Crippen molar-refractivity contribution in [2.75, 3.05) is 26.3 Å². The van der Waals surface area contributed by atoms with Crippen LogP contribution < -0.4 is 0 Å². The van der Waals surface area contributed by atoms with Crippen LogP contribution >= 0.6 is 0 Å². The molecule has 3 atom stereocenters. The number of carbonyl (C=O) groups excluding carboxylic acids is 1. The molecule has 130 valence electrons. The summed E-state index contributed by atoms with van der Waals surface area (Å²) in [5.41, 5.74) is 2.16. The third kappa shape index (κ3) is 3.60. The fourth-order valence-electron chi connectivity index (χ4n) is 3.35. The quantitative estimate of drug-likeness (QED) is 0.912. The van der Waals surface area contributed by atoms with E-state index in [4.69, 9.17) is 14.6 Å². The average Bonchev–Trinajstić information content (AvgIpc) is 2.62. The van der Waals surface area contributed by atoms with E-state index in [0.717, 1.165) is 24.0 Å². The molecule has 3 rings (SSSR count). The predicted molar refractivity (Wildman–Crippen MR) is 86.6 cm³/mol. The Balaban J connectivity index is 1.76. The van der Waals surface area contributed by atoms with Gasteiger partial charge in [0.2, 0.25) is 5.91 Å². The molecule has 24 heavy (non-hydrogen) atoms. The number of carboxylic acid groups (broad SMARTS) is 1. The van der Waals surface area contributed by atoms with Gasteiger partial charge in [-0.05, 0) is 25.3 Å². The number of morpholine rings is 1. The minimum atomic E-state index is -1.03. The molecule has 0 unspecified atom stereocenters. The molecule has 0 aliphatic carbocycles. The zero-order valence-electron chi connectivity index (χ0n) is 13.8. The fraction of sp³-hybridized carbons (Fsp3) is 0.556. The van der Waals surface area contributed by atoms with Gasteiger partial charge in [0.25, 0.3) is 0 Å². The Morgan fingerprint density at radius 3 is 2.62 bits per heavy atom. The van der Waals surface area contributed by atoms with Gasteiger partial charge in [-0.25, -0.2) is 4.79 Å². The van der Waals surface area contributed by atoms with Gasteiger partial charge in [0.1, 0.15) is 0 Å². The summed E-state index contributed by atoms with van der Waals surface area (Å²) >= 11 is 0. The van der Waals surface area contributed by atoms with Crippen LogP contribution in [0.1, 0.15) is 30.1 Å². The lowest BCUT2D eigenvalue weighted by Crippen LogP contribution is -2.51. The van der Waals surface area contributed by atoms with Crippen LogP contribution in [0.3, 0.4) is 0 Å². The summed E-state index contributed by atoms with van der Waals surface area (Å²) < 4.78 is 11.1. The summed E-state index contributed by atoms with van der Waals surface area (Å²) in [4.78, 5) is 25.7. The summed E-state index contributed by atoms with van der Waals surface area (Å²) in [6.07, 6.45) is 0.390. The Bertz CT molecular complexity index is 600. The van der Waals surface area contributed by atoms with Crippen LogP contribution in [0, 0.1) is 12.8 Å². The van der Waals surface area contributed by atoms with Gasteiger partial charge in [-0.3, -0.25) is 4.79 Å². The molecular weight excluding hydrogens is 310 g/mol. The van der Waals surface area contributed by atoms with E-state index in [1.165, 1.54) is 0 Å². The minimum absolute atomic E-state index is 0.0326. The molecule has 0 spiro atoms. The largest absolute Gasteiger partial charge is 0.479 e. The van der Waals surface area contributed by atoms with Crippen molar-refractivity contribution in [2.24, 2.45) is 5.92 Å². The second kappa shape index (κ2) is 7.32. The first-order valence-corrected chi connectivity index (χ1v) is 8.37. The Kier molecular flexibility index (Phi) is 5.16. The van der Waals surface area contributed by atoms with Crippen molar-refractivity contribution in [1.29, 1.82) is 0 Å². The van der Waals surface area contributed by atoms with Crippen molar-refractivity contribution in [3.8, 4) is 0 Å². The molecule has 0 radical (unpaired) electrons. The van der Waals surface area contributed by atoms with E-state index < -0.39 is 12.1 Å². The summed E-state index contributed by atoms with van der Waals surface area (Å²) in [5, 5.41) is 9.12. The maximum Gasteiger partial charge on any atom is 0.334 e. The number of ether oxygens (including phenoxy) is 2. The van der Waals surface area contributed by atoms with Crippen LogP contribution in [0.2, 0.25) is 0 Å². The van der Waals surface area contributed by atoms with Gasteiger partial charge in [-0.15, -0.1) is 0 Å². The van der Waals surface area contributed by atoms with E-state index >= 15 is 0 Å². The van der Waals surface area contributed by atoms with Crippen molar-refractivity contribution < 1.29 is 24.2 Å². The number of carbonyl (C=O) groups is 2. The predicted octanol–water partition coefficient (Wildman–Crippen LogP) is 1.77. The van der Waals surface area contributed by atoms with Crippen LogP contribution in [-0.2, 0) is 19.1 Å². The van der Waals surface area contributed by atoms with Crippen molar-refractivity contribution in [1.82, 2.24) is 4.90 Å². The van der Waals surface area contributed by atoms with Gasteiger partial charge in [-0.1, -0.05) is 29.8 Å². The first-order chi connectivity index (χ1) is 11.6.